The minimum Gasteiger partial charge on any atom is -0.385 e. The van der Waals surface area contributed by atoms with Crippen LogP contribution in [0.1, 0.15) is 23.7 Å². The highest BCUT2D eigenvalue weighted by Crippen LogP contribution is 2.32. The molecule has 0 radical (unpaired) electrons. The Kier molecular flexibility index (Phi) is 3.25. The van der Waals surface area contributed by atoms with Crippen LogP contribution in [0.5, 0.6) is 0 Å². The zero-order valence-corrected chi connectivity index (χ0v) is 11.4. The van der Waals surface area contributed by atoms with E-state index in [1.807, 2.05) is 26.0 Å². The van der Waals surface area contributed by atoms with Crippen molar-refractivity contribution in [3.8, 4) is 0 Å². The predicted molar refractivity (Wildman–Crippen MR) is 75.1 cm³/mol. The molecule has 0 spiro atoms. The molecular formula is C14H17ClN2. The molecule has 0 atom stereocenters. The van der Waals surface area contributed by atoms with Crippen LogP contribution in [-0.2, 0) is 0 Å². The lowest BCUT2D eigenvalue weighted by atomic mass is 10.0. The van der Waals surface area contributed by atoms with Crippen LogP contribution in [0.2, 0.25) is 5.02 Å². The third kappa shape index (κ3) is 1.98. The molecule has 2 rings (SSSR count). The SMILES string of the molecule is CCNc1c(C)c(C)nc2c(C)c(Cl)ccc12. The highest BCUT2D eigenvalue weighted by molar-refractivity contribution is 6.32. The van der Waals surface area contributed by atoms with Gasteiger partial charge < -0.3 is 5.32 Å². The van der Waals surface area contributed by atoms with Crippen LogP contribution in [0.25, 0.3) is 10.9 Å². The first-order valence-corrected chi connectivity index (χ1v) is 6.24. The summed E-state index contributed by atoms with van der Waals surface area (Å²) in [4.78, 5) is 4.65. The first kappa shape index (κ1) is 12.2. The number of aromatic nitrogens is 1. The van der Waals surface area contributed by atoms with E-state index < -0.39 is 0 Å². The smallest absolute Gasteiger partial charge is 0.0770 e. The van der Waals surface area contributed by atoms with Gasteiger partial charge in [-0.05, 0) is 51.0 Å². The number of hydrogen-bond donors (Lipinski definition) is 1. The van der Waals surface area contributed by atoms with Gasteiger partial charge in [0.25, 0.3) is 0 Å². The van der Waals surface area contributed by atoms with E-state index in [9.17, 15) is 0 Å². The lowest BCUT2D eigenvalue weighted by Gasteiger charge is -2.15. The molecule has 0 aliphatic heterocycles. The van der Waals surface area contributed by atoms with Gasteiger partial charge in [-0.3, -0.25) is 4.98 Å². The number of nitrogens with zero attached hydrogens (tertiary/aromatic N) is 1. The monoisotopic (exact) mass is 248 g/mol. The molecule has 1 aromatic heterocycles. The second kappa shape index (κ2) is 4.53. The fourth-order valence-electron chi connectivity index (χ4n) is 2.06. The molecule has 90 valence electrons. The lowest BCUT2D eigenvalue weighted by Crippen LogP contribution is -2.03. The molecule has 0 unspecified atom stereocenters. The summed E-state index contributed by atoms with van der Waals surface area (Å²) in [5.74, 6) is 0. The van der Waals surface area contributed by atoms with E-state index in [0.717, 1.165) is 33.7 Å². The molecule has 0 saturated carbocycles. The second-order valence-electron chi connectivity index (χ2n) is 4.30. The van der Waals surface area contributed by atoms with E-state index in [-0.39, 0.29) is 0 Å². The lowest BCUT2D eigenvalue weighted by molar-refractivity contribution is 1.15. The van der Waals surface area contributed by atoms with E-state index in [2.05, 4.69) is 24.1 Å². The fraction of sp³-hybridized carbons (Fsp3) is 0.357. The molecule has 0 amide bonds. The third-order valence-electron chi connectivity index (χ3n) is 3.19. The van der Waals surface area contributed by atoms with Gasteiger partial charge in [0.05, 0.1) is 5.52 Å². The number of pyridine rings is 1. The second-order valence-corrected chi connectivity index (χ2v) is 4.70. The van der Waals surface area contributed by atoms with Gasteiger partial charge in [0.1, 0.15) is 0 Å². The molecule has 0 saturated heterocycles. The van der Waals surface area contributed by atoms with Gasteiger partial charge in [0, 0.05) is 28.3 Å². The summed E-state index contributed by atoms with van der Waals surface area (Å²) in [5, 5.41) is 5.35. The Bertz CT molecular complexity index is 576. The summed E-state index contributed by atoms with van der Waals surface area (Å²) in [5.41, 5.74) is 5.48. The number of rotatable bonds is 2. The summed E-state index contributed by atoms with van der Waals surface area (Å²) in [6.07, 6.45) is 0. The molecule has 2 nitrogen and oxygen atoms in total. The highest BCUT2D eigenvalue weighted by atomic mass is 35.5. The van der Waals surface area contributed by atoms with Crippen molar-refractivity contribution < 1.29 is 0 Å². The van der Waals surface area contributed by atoms with Crippen molar-refractivity contribution in [3.05, 3.63) is 34.0 Å². The topological polar surface area (TPSA) is 24.9 Å². The summed E-state index contributed by atoms with van der Waals surface area (Å²) in [6, 6.07) is 3.98. The number of anilines is 1. The maximum absolute atomic E-state index is 6.15. The first-order valence-electron chi connectivity index (χ1n) is 5.86. The van der Waals surface area contributed by atoms with Crippen LogP contribution in [-0.4, -0.2) is 11.5 Å². The molecule has 1 N–H and O–H groups in total. The van der Waals surface area contributed by atoms with Gasteiger partial charge in [-0.2, -0.15) is 0 Å². The van der Waals surface area contributed by atoms with Crippen LogP contribution in [0.3, 0.4) is 0 Å². The quantitative estimate of drug-likeness (QED) is 0.860. The van der Waals surface area contributed by atoms with Crippen molar-refractivity contribution in [2.24, 2.45) is 0 Å². The van der Waals surface area contributed by atoms with Gasteiger partial charge in [-0.15, -0.1) is 0 Å². The zero-order chi connectivity index (χ0) is 12.6. The summed E-state index contributed by atoms with van der Waals surface area (Å²) in [7, 11) is 0. The average molecular weight is 249 g/mol. The number of aryl methyl sites for hydroxylation is 2. The molecule has 0 bridgehead atoms. The third-order valence-corrected chi connectivity index (χ3v) is 3.59. The van der Waals surface area contributed by atoms with E-state index in [1.54, 1.807) is 0 Å². The molecule has 17 heavy (non-hydrogen) atoms. The van der Waals surface area contributed by atoms with E-state index in [1.165, 1.54) is 11.3 Å². The largest absolute Gasteiger partial charge is 0.385 e. The van der Waals surface area contributed by atoms with Gasteiger partial charge in [-0.1, -0.05) is 11.6 Å². The van der Waals surface area contributed by atoms with Crippen molar-refractivity contribution in [2.45, 2.75) is 27.7 Å². The Morgan fingerprint density at radius 3 is 2.53 bits per heavy atom. The normalized spacial score (nSPS) is 10.9. The van der Waals surface area contributed by atoms with Gasteiger partial charge in [-0.25, -0.2) is 0 Å². The predicted octanol–water partition coefficient (Wildman–Crippen LogP) is 4.25. The van der Waals surface area contributed by atoms with Gasteiger partial charge in [0.2, 0.25) is 0 Å². The molecule has 0 aliphatic carbocycles. The number of halogens is 1. The van der Waals surface area contributed by atoms with Crippen molar-refractivity contribution in [3.63, 3.8) is 0 Å². The van der Waals surface area contributed by atoms with Crippen LogP contribution in [0, 0.1) is 20.8 Å². The molecule has 3 heteroatoms. The number of hydrogen-bond acceptors (Lipinski definition) is 2. The minimum absolute atomic E-state index is 0.774. The number of nitrogens with one attached hydrogen (secondary N) is 1. The Morgan fingerprint density at radius 2 is 1.88 bits per heavy atom. The van der Waals surface area contributed by atoms with Crippen LogP contribution >= 0.6 is 11.6 Å². The summed E-state index contributed by atoms with van der Waals surface area (Å²) >= 11 is 6.15. The number of fused-ring (bicyclic) bond motifs is 1. The molecular weight excluding hydrogens is 232 g/mol. The Morgan fingerprint density at radius 1 is 1.18 bits per heavy atom. The van der Waals surface area contributed by atoms with E-state index >= 15 is 0 Å². The van der Waals surface area contributed by atoms with Crippen molar-refractivity contribution >= 4 is 28.2 Å². The average Bonchev–Trinajstić information content (AvgIpc) is 2.31. The maximum Gasteiger partial charge on any atom is 0.0770 e. The molecule has 2 aromatic rings. The highest BCUT2D eigenvalue weighted by Gasteiger charge is 2.11. The summed E-state index contributed by atoms with van der Waals surface area (Å²) < 4.78 is 0. The van der Waals surface area contributed by atoms with Crippen LogP contribution < -0.4 is 5.32 Å². The van der Waals surface area contributed by atoms with Crippen molar-refractivity contribution in [1.82, 2.24) is 4.98 Å². The Hall–Kier alpha value is -1.28. The fourth-order valence-corrected chi connectivity index (χ4v) is 2.21. The molecule has 0 aliphatic rings. The van der Waals surface area contributed by atoms with Crippen LogP contribution in [0.4, 0.5) is 5.69 Å². The number of benzene rings is 1. The standard InChI is InChI=1S/C14H17ClN2/c1-5-16-13-8(2)10(4)17-14-9(3)12(15)7-6-11(13)14/h6-7H,5H2,1-4H3,(H,16,17). The Balaban J connectivity index is 2.86. The summed E-state index contributed by atoms with van der Waals surface area (Å²) in [6.45, 7) is 9.16. The van der Waals surface area contributed by atoms with E-state index in [0.29, 0.717) is 0 Å². The molecule has 1 aromatic carbocycles. The first-order chi connectivity index (χ1) is 8.06. The zero-order valence-electron chi connectivity index (χ0n) is 10.7. The minimum atomic E-state index is 0.774. The van der Waals surface area contributed by atoms with Gasteiger partial charge >= 0.3 is 0 Å². The van der Waals surface area contributed by atoms with Crippen LogP contribution in [0.15, 0.2) is 12.1 Å². The molecule has 1 heterocycles. The van der Waals surface area contributed by atoms with E-state index in [4.69, 9.17) is 11.6 Å². The maximum atomic E-state index is 6.15. The Labute approximate surface area is 107 Å². The molecule has 0 fully saturated rings. The van der Waals surface area contributed by atoms with Crippen molar-refractivity contribution in [2.75, 3.05) is 11.9 Å². The van der Waals surface area contributed by atoms with Crippen molar-refractivity contribution in [1.29, 1.82) is 0 Å². The van der Waals surface area contributed by atoms with Gasteiger partial charge in [0.15, 0.2) is 0 Å².